The first-order valence-corrected chi connectivity index (χ1v) is 17.1. The molecule has 6 N–H and O–H groups in total. The van der Waals surface area contributed by atoms with E-state index in [4.69, 9.17) is 19.7 Å². The number of unbranched alkanes of at least 4 members (excludes halogenated alkanes) is 6. The fourth-order valence-corrected chi connectivity index (χ4v) is 5.54. The smallest absolute Gasteiger partial charge is 0.307 e. The Labute approximate surface area is 283 Å². The largest absolute Gasteiger partial charge is 0.481 e. The number of aliphatic hydroxyl groups excluding tert-OH is 2. The van der Waals surface area contributed by atoms with Crippen molar-refractivity contribution >= 4 is 35.8 Å². The van der Waals surface area contributed by atoms with E-state index < -0.39 is 97.8 Å². The Morgan fingerprint density at radius 3 is 1.48 bits per heavy atom. The lowest BCUT2D eigenvalue weighted by Gasteiger charge is -2.33. The van der Waals surface area contributed by atoms with Gasteiger partial charge in [0.1, 0.15) is 12.2 Å². The maximum Gasteiger partial charge on any atom is 0.307 e. The second-order valence-electron chi connectivity index (χ2n) is 13.1. The molecule has 14 heteroatoms. The molecule has 0 fully saturated rings. The molecule has 0 aromatic carbocycles. The van der Waals surface area contributed by atoms with Crippen molar-refractivity contribution in [1.29, 1.82) is 0 Å². The van der Waals surface area contributed by atoms with Crippen molar-refractivity contribution < 1.29 is 68.9 Å². The van der Waals surface area contributed by atoms with Gasteiger partial charge in [0.25, 0.3) is 0 Å². The molecule has 278 valence electrons. The molecule has 0 bridgehead atoms. The van der Waals surface area contributed by atoms with E-state index in [0.717, 1.165) is 57.8 Å². The van der Waals surface area contributed by atoms with Crippen LogP contribution >= 0.6 is 0 Å². The SMILES string of the molecule is CCCC[C@H](C)[C@H](OC(=O)C[C@@H](CC(=O)O)C(=O)O)[C@H](C[C@@H](C)CCCCCCCC[C@H](O)C(C)O)OC(=O)C[C@@H](CC(=O)O)C(=O)O. The standard InChI is InChI=1S/C34H58O14/c1-5-6-14-22(3)32(48-31(42)20-25(34(45)46)18-29(39)40)27(47-30(41)19-24(33(43)44)17-28(37)38)16-21(2)13-11-9-7-8-10-12-15-26(36)23(4)35/h21-27,32,35-36H,5-20H2,1-4H3,(H,37,38)(H,39,40)(H,43,44)(H,45,46)/t21-,22-,23?,24+,25+,26-,27-,32-/m0/s1. The first kappa shape index (κ1) is 44.7. The zero-order valence-electron chi connectivity index (χ0n) is 28.9. The van der Waals surface area contributed by atoms with Gasteiger partial charge >= 0.3 is 35.8 Å². The molecule has 0 aliphatic carbocycles. The molecule has 0 aliphatic heterocycles. The second kappa shape index (κ2) is 24.8. The average Bonchev–Trinajstić information content (AvgIpc) is 2.98. The molecule has 8 atom stereocenters. The minimum absolute atomic E-state index is 0.0448. The van der Waals surface area contributed by atoms with Crippen LogP contribution in [0.15, 0.2) is 0 Å². The highest BCUT2D eigenvalue weighted by Crippen LogP contribution is 2.29. The summed E-state index contributed by atoms with van der Waals surface area (Å²) in [7, 11) is 0. The molecule has 0 radical (unpaired) electrons. The van der Waals surface area contributed by atoms with Crippen LogP contribution < -0.4 is 0 Å². The van der Waals surface area contributed by atoms with Gasteiger partial charge in [-0.1, -0.05) is 78.6 Å². The average molecular weight is 691 g/mol. The predicted octanol–water partition coefficient (Wildman–Crippen LogP) is 4.66. The Morgan fingerprint density at radius 1 is 0.583 bits per heavy atom. The fourth-order valence-electron chi connectivity index (χ4n) is 5.54. The van der Waals surface area contributed by atoms with Gasteiger partial charge in [-0.2, -0.15) is 0 Å². The molecule has 0 saturated carbocycles. The number of aliphatic hydroxyl groups is 2. The van der Waals surface area contributed by atoms with Crippen LogP contribution in [-0.4, -0.2) is 90.9 Å². The van der Waals surface area contributed by atoms with Crippen LogP contribution in [0, 0.1) is 23.7 Å². The van der Waals surface area contributed by atoms with E-state index in [1.165, 1.54) is 0 Å². The van der Waals surface area contributed by atoms with Crippen molar-refractivity contribution in [3.8, 4) is 0 Å². The number of esters is 2. The molecule has 14 nitrogen and oxygen atoms in total. The molecule has 0 aromatic rings. The quantitative estimate of drug-likeness (QED) is 0.0462. The molecule has 1 unspecified atom stereocenters. The minimum atomic E-state index is -1.53. The van der Waals surface area contributed by atoms with Crippen LogP contribution in [0.5, 0.6) is 0 Å². The van der Waals surface area contributed by atoms with Crippen LogP contribution in [0.4, 0.5) is 0 Å². The Hall–Kier alpha value is -3.26. The van der Waals surface area contributed by atoms with Gasteiger partial charge in [0.2, 0.25) is 0 Å². The summed E-state index contributed by atoms with van der Waals surface area (Å²) in [4.78, 5) is 71.5. The zero-order chi connectivity index (χ0) is 36.8. The van der Waals surface area contributed by atoms with Crippen molar-refractivity contribution in [2.24, 2.45) is 23.7 Å². The maximum absolute atomic E-state index is 13.0. The molecular formula is C34H58O14. The summed E-state index contributed by atoms with van der Waals surface area (Å²) >= 11 is 0. The van der Waals surface area contributed by atoms with Crippen LogP contribution in [0.2, 0.25) is 0 Å². The number of rotatable bonds is 29. The summed E-state index contributed by atoms with van der Waals surface area (Å²) in [6, 6.07) is 0. The number of aliphatic carboxylic acids is 4. The third-order valence-electron chi connectivity index (χ3n) is 8.50. The summed E-state index contributed by atoms with van der Waals surface area (Å²) in [6.07, 6.45) is 2.44. The monoisotopic (exact) mass is 690 g/mol. The van der Waals surface area contributed by atoms with Gasteiger partial charge < -0.3 is 40.1 Å². The van der Waals surface area contributed by atoms with Gasteiger partial charge in [0, 0.05) is 0 Å². The van der Waals surface area contributed by atoms with E-state index in [0.29, 0.717) is 12.8 Å². The lowest BCUT2D eigenvalue weighted by molar-refractivity contribution is -0.177. The van der Waals surface area contributed by atoms with E-state index in [2.05, 4.69) is 0 Å². The van der Waals surface area contributed by atoms with Gasteiger partial charge in [-0.3, -0.25) is 28.8 Å². The number of carboxylic acids is 4. The maximum atomic E-state index is 13.0. The minimum Gasteiger partial charge on any atom is -0.481 e. The summed E-state index contributed by atoms with van der Waals surface area (Å²) in [5.74, 6) is -11.2. The first-order valence-electron chi connectivity index (χ1n) is 17.1. The van der Waals surface area contributed by atoms with Gasteiger partial charge in [-0.15, -0.1) is 0 Å². The number of carbonyl (C=O) groups excluding carboxylic acids is 2. The number of hydrogen-bond donors (Lipinski definition) is 6. The van der Waals surface area contributed by atoms with Crippen molar-refractivity contribution in [2.45, 2.75) is 155 Å². The number of ether oxygens (including phenoxy) is 2. The highest BCUT2D eigenvalue weighted by Gasteiger charge is 2.36. The molecule has 0 aliphatic rings. The predicted molar refractivity (Wildman–Crippen MR) is 173 cm³/mol. The number of hydrogen-bond acceptors (Lipinski definition) is 10. The Bertz CT molecular complexity index is 996. The number of carboxylic acid groups (broad SMARTS) is 4. The van der Waals surface area contributed by atoms with Crippen LogP contribution in [0.3, 0.4) is 0 Å². The molecule has 0 saturated heterocycles. The number of carbonyl (C=O) groups is 6. The lowest BCUT2D eigenvalue weighted by atomic mass is 9.87. The highest BCUT2D eigenvalue weighted by atomic mass is 16.6. The topological polar surface area (TPSA) is 242 Å². The molecule has 0 rings (SSSR count). The van der Waals surface area contributed by atoms with Crippen LogP contribution in [0.25, 0.3) is 0 Å². The van der Waals surface area contributed by atoms with E-state index in [1.54, 1.807) is 13.8 Å². The van der Waals surface area contributed by atoms with Crippen molar-refractivity contribution in [2.75, 3.05) is 0 Å². The third-order valence-corrected chi connectivity index (χ3v) is 8.50. The lowest BCUT2D eigenvalue weighted by Crippen LogP contribution is -2.42. The van der Waals surface area contributed by atoms with E-state index in [1.807, 2.05) is 13.8 Å². The van der Waals surface area contributed by atoms with Gasteiger partial charge in [-0.05, 0) is 38.0 Å². The Balaban J connectivity index is 5.80. The van der Waals surface area contributed by atoms with Gasteiger partial charge in [0.15, 0.2) is 0 Å². The highest BCUT2D eigenvalue weighted by molar-refractivity contribution is 5.83. The summed E-state index contributed by atoms with van der Waals surface area (Å²) < 4.78 is 11.5. The van der Waals surface area contributed by atoms with E-state index >= 15 is 0 Å². The molecule has 0 spiro atoms. The normalized spacial score (nSPS) is 16.4. The second-order valence-corrected chi connectivity index (χ2v) is 13.1. The van der Waals surface area contributed by atoms with Crippen LogP contribution in [0.1, 0.15) is 130 Å². The molecule has 0 heterocycles. The summed E-state index contributed by atoms with van der Waals surface area (Å²) in [5, 5.41) is 56.1. The Kier molecular flexibility index (Phi) is 23.1. The Morgan fingerprint density at radius 2 is 1.04 bits per heavy atom. The molecule has 48 heavy (non-hydrogen) atoms. The summed E-state index contributed by atoms with van der Waals surface area (Å²) in [5.41, 5.74) is 0. The van der Waals surface area contributed by atoms with Crippen LogP contribution in [-0.2, 0) is 38.2 Å². The van der Waals surface area contributed by atoms with Gasteiger partial charge in [-0.25, -0.2) is 0 Å². The molecular weight excluding hydrogens is 632 g/mol. The van der Waals surface area contributed by atoms with Crippen molar-refractivity contribution in [1.82, 2.24) is 0 Å². The van der Waals surface area contributed by atoms with E-state index in [9.17, 15) is 49.2 Å². The zero-order valence-corrected chi connectivity index (χ0v) is 28.9. The van der Waals surface area contributed by atoms with Crippen molar-refractivity contribution in [3.05, 3.63) is 0 Å². The third kappa shape index (κ3) is 20.9. The van der Waals surface area contributed by atoms with Gasteiger partial charge in [0.05, 0.1) is 49.7 Å². The summed E-state index contributed by atoms with van der Waals surface area (Å²) in [6.45, 7) is 7.24. The molecule has 0 amide bonds. The first-order chi connectivity index (χ1) is 22.5. The fraction of sp³-hybridized carbons (Fsp3) is 0.824. The molecule has 0 aromatic heterocycles. The van der Waals surface area contributed by atoms with E-state index in [-0.39, 0.29) is 18.3 Å². The van der Waals surface area contributed by atoms with Crippen molar-refractivity contribution in [3.63, 3.8) is 0 Å².